The van der Waals surface area contributed by atoms with Gasteiger partial charge in [0.25, 0.3) is 0 Å². The number of rotatable bonds is 0. The molecule has 0 fully saturated rings. The molecule has 28 valence electrons. The van der Waals surface area contributed by atoms with E-state index in [1.807, 2.05) is 6.92 Å². The minimum absolute atomic E-state index is 1.71. The van der Waals surface area contributed by atoms with E-state index in [4.69, 9.17) is 6.42 Å². The van der Waals surface area contributed by atoms with Crippen molar-refractivity contribution in [3.05, 3.63) is 17.9 Å². The van der Waals surface area contributed by atoms with Gasteiger partial charge < -0.3 is 0 Å². The molecule has 0 amide bonds. The molecule has 0 aliphatic heterocycles. The number of terminal acetylenes is 1. The monoisotopic (exact) mass is 77.0 g/mol. The summed E-state index contributed by atoms with van der Waals surface area (Å²) in [6, 6.07) is 0. The molecule has 0 aromatic heterocycles. The van der Waals surface area contributed by atoms with Crippen LogP contribution in [0.1, 0.15) is 6.92 Å². The van der Waals surface area contributed by atoms with E-state index in [9.17, 15) is 0 Å². The highest BCUT2D eigenvalue weighted by atomic mass is 13.5. The lowest BCUT2D eigenvalue weighted by molar-refractivity contribution is 1.76. The van der Waals surface area contributed by atoms with Gasteiger partial charge in [-0.05, 0) is 0 Å². The second-order valence-electron chi connectivity index (χ2n) is 0.702. The largest absolute Gasteiger partial charge is 0.157 e. The van der Waals surface area contributed by atoms with Gasteiger partial charge in [-0.25, -0.2) is 0 Å². The van der Waals surface area contributed by atoms with E-state index in [-0.39, 0.29) is 0 Å². The van der Waals surface area contributed by atoms with Crippen molar-refractivity contribution in [2.24, 2.45) is 0 Å². The van der Waals surface area contributed by atoms with E-state index in [1.54, 1.807) is 6.08 Å². The normalized spacial score (nSPS) is 4.00. The van der Waals surface area contributed by atoms with Gasteiger partial charge in [0.05, 0.1) is 11.8 Å². The summed E-state index contributed by atoms with van der Waals surface area (Å²) in [5.41, 5.74) is 2.59. The van der Waals surface area contributed by atoms with Crippen molar-refractivity contribution in [2.45, 2.75) is 6.92 Å². The Morgan fingerprint density at radius 3 is 2.67 bits per heavy atom. The van der Waals surface area contributed by atoms with E-state index < -0.39 is 0 Å². The highest BCUT2D eigenvalue weighted by Crippen LogP contribution is 1.56. The minimum Gasteiger partial charge on any atom is 0.00720 e. The summed E-state index contributed by atoms with van der Waals surface area (Å²) in [7, 11) is 0. The van der Waals surface area contributed by atoms with Crippen molar-refractivity contribution < 1.29 is 0 Å². The van der Waals surface area contributed by atoms with Gasteiger partial charge >= 0.3 is 0 Å². The molecule has 0 aliphatic rings. The van der Waals surface area contributed by atoms with Gasteiger partial charge in [-0.3, -0.25) is 0 Å². The standard InChI is InChI=1S/C6H5/c1-3-5-6-4-2/h1,4H,2H3/q+1. The van der Waals surface area contributed by atoms with Gasteiger partial charge in [-0.1, -0.05) is 0 Å². The fraction of sp³-hybridized carbons (Fsp3) is 0.167. The van der Waals surface area contributed by atoms with Crippen LogP contribution in [0.4, 0.5) is 0 Å². The summed E-state index contributed by atoms with van der Waals surface area (Å²) < 4.78 is 0. The molecule has 0 nitrogen and oxygen atoms in total. The number of hydrogen-bond donors (Lipinski definition) is 0. The van der Waals surface area contributed by atoms with Crippen molar-refractivity contribution in [1.82, 2.24) is 0 Å². The molecule has 0 aliphatic carbocycles. The highest BCUT2D eigenvalue weighted by Gasteiger charge is 1.56. The summed E-state index contributed by atoms with van der Waals surface area (Å²) in [5, 5.41) is 0. The third-order valence-electron chi connectivity index (χ3n) is 0.289. The maximum atomic E-state index is 4.77. The summed E-state index contributed by atoms with van der Waals surface area (Å²) >= 11 is 0. The molecule has 0 unspecified atom stereocenters. The Labute approximate surface area is 38.2 Å². The van der Waals surface area contributed by atoms with Crippen molar-refractivity contribution in [3.63, 3.8) is 0 Å². The first kappa shape index (κ1) is 4.99. The first-order chi connectivity index (χ1) is 2.91. The van der Waals surface area contributed by atoms with Gasteiger partial charge in [0.2, 0.25) is 0 Å². The minimum atomic E-state index is 1.71. The maximum Gasteiger partial charge on any atom is 0.157 e. The van der Waals surface area contributed by atoms with Crippen LogP contribution in [0.2, 0.25) is 0 Å². The molecule has 0 N–H and O–H groups in total. The first-order valence-electron chi connectivity index (χ1n) is 1.65. The molecule has 0 heteroatoms. The average molecular weight is 77.1 g/mol. The van der Waals surface area contributed by atoms with E-state index in [0.717, 1.165) is 0 Å². The van der Waals surface area contributed by atoms with Crippen LogP contribution in [0.3, 0.4) is 0 Å². The molecule has 0 heterocycles. The molecule has 0 rings (SSSR count). The molecule has 0 saturated heterocycles. The van der Waals surface area contributed by atoms with Crippen molar-refractivity contribution in [2.75, 3.05) is 0 Å². The molecule has 0 radical (unpaired) electrons. The van der Waals surface area contributed by atoms with Crippen LogP contribution in [0.15, 0.2) is 11.8 Å². The topological polar surface area (TPSA) is 0 Å². The lowest BCUT2D eigenvalue weighted by Crippen LogP contribution is -1.36. The summed E-state index contributed by atoms with van der Waals surface area (Å²) in [6.07, 6.45) is 8.90. The zero-order valence-electron chi connectivity index (χ0n) is 3.65. The molecule has 0 bridgehead atoms. The van der Waals surface area contributed by atoms with Crippen LogP contribution in [0.25, 0.3) is 0 Å². The smallest absolute Gasteiger partial charge is 0.00720 e. The van der Waals surface area contributed by atoms with Gasteiger partial charge in [-0.15, -0.1) is 0 Å². The van der Waals surface area contributed by atoms with Crippen LogP contribution in [0, 0.1) is 18.4 Å². The molecular formula is C6H5+. The predicted octanol–water partition coefficient (Wildman–Crippen LogP) is 1.15. The Bertz CT molecular complexity index is 106. The Kier molecular flexibility index (Phi) is 3.32. The zero-order chi connectivity index (χ0) is 4.83. The number of hydrogen-bond acceptors (Lipinski definition) is 0. The van der Waals surface area contributed by atoms with Crippen molar-refractivity contribution in [1.29, 1.82) is 0 Å². The Morgan fingerprint density at radius 2 is 2.50 bits per heavy atom. The van der Waals surface area contributed by atoms with Gasteiger partial charge in [0.15, 0.2) is 6.08 Å². The SMILES string of the molecule is C#C[C+]=C=CC. The zero-order valence-corrected chi connectivity index (χ0v) is 3.65. The third-order valence-corrected chi connectivity index (χ3v) is 0.289. The fourth-order valence-electron chi connectivity index (χ4n) is 0.114. The van der Waals surface area contributed by atoms with Gasteiger partial charge in [-0.2, -0.15) is 0 Å². The van der Waals surface area contributed by atoms with Gasteiger partial charge in [0.1, 0.15) is 5.92 Å². The predicted molar refractivity (Wildman–Crippen MR) is 25.8 cm³/mol. The Hall–Kier alpha value is -1.01. The first-order valence-corrected chi connectivity index (χ1v) is 1.65. The van der Waals surface area contributed by atoms with Crippen molar-refractivity contribution >= 4 is 0 Å². The second-order valence-corrected chi connectivity index (χ2v) is 0.702. The molecule has 0 aromatic rings. The van der Waals surface area contributed by atoms with Crippen molar-refractivity contribution in [3.8, 4) is 12.3 Å². The molecule has 0 saturated carbocycles. The molecule has 0 aromatic carbocycles. The van der Waals surface area contributed by atoms with Crippen LogP contribution >= 0.6 is 0 Å². The Morgan fingerprint density at radius 1 is 1.83 bits per heavy atom. The molecule has 0 atom stereocenters. The summed E-state index contributed by atoms with van der Waals surface area (Å²) in [4.78, 5) is 0. The quantitative estimate of drug-likeness (QED) is 0.231. The Balaban J connectivity index is 3.56. The van der Waals surface area contributed by atoms with Crippen LogP contribution < -0.4 is 0 Å². The van der Waals surface area contributed by atoms with Gasteiger partial charge in [0, 0.05) is 13.3 Å². The van der Waals surface area contributed by atoms with Crippen LogP contribution in [-0.4, -0.2) is 0 Å². The summed E-state index contributed by atoms with van der Waals surface area (Å²) in [6.45, 7) is 1.84. The average Bonchev–Trinajstić information content (AvgIpc) is 1.61. The second kappa shape index (κ2) is 3.99. The highest BCUT2D eigenvalue weighted by molar-refractivity contribution is 4.99. The molecule has 6 heavy (non-hydrogen) atoms. The lowest BCUT2D eigenvalue weighted by atomic mass is 10.6. The lowest BCUT2D eigenvalue weighted by Gasteiger charge is -1.35. The number of allylic oxidation sites excluding steroid dienone is 1. The van der Waals surface area contributed by atoms with Crippen LogP contribution in [-0.2, 0) is 0 Å². The third kappa shape index (κ3) is 2.99. The summed E-state index contributed by atoms with van der Waals surface area (Å²) in [5.74, 6) is 2.18. The fourth-order valence-corrected chi connectivity index (χ4v) is 0.114. The molecular weight excluding hydrogens is 72.1 g/mol. The van der Waals surface area contributed by atoms with E-state index >= 15 is 0 Å². The molecule has 0 spiro atoms. The maximum absolute atomic E-state index is 4.77. The van der Waals surface area contributed by atoms with E-state index in [1.165, 1.54) is 0 Å². The van der Waals surface area contributed by atoms with E-state index in [2.05, 4.69) is 17.7 Å². The van der Waals surface area contributed by atoms with Crippen LogP contribution in [0.5, 0.6) is 0 Å². The van der Waals surface area contributed by atoms with E-state index in [0.29, 0.717) is 0 Å².